The second kappa shape index (κ2) is 12.4. The quantitative estimate of drug-likeness (QED) is 0.305. The summed E-state index contributed by atoms with van der Waals surface area (Å²) in [6.45, 7) is 10.4. The number of aliphatic hydroxyl groups is 1. The van der Waals surface area contributed by atoms with Crippen molar-refractivity contribution in [3.8, 4) is 11.1 Å². The van der Waals surface area contributed by atoms with Crippen LogP contribution in [0.2, 0.25) is 0 Å². The van der Waals surface area contributed by atoms with Gasteiger partial charge in [-0.2, -0.15) is 0 Å². The first-order valence-corrected chi connectivity index (χ1v) is 15.0. The average Bonchev–Trinajstić information content (AvgIpc) is 2.90. The Morgan fingerprint density at radius 2 is 1.49 bits per heavy atom. The number of ether oxygens (including phenoxy) is 1. The standard InChI is InChI=1S/C32H39NO7S/c1-22(2)41(38,39)28-20-25(16-17-27(28)29(34)35)24-14-12-23(13-15-24)18-19-33(30(36)40-31(3,4)5)21-32(6,37)26-10-8-7-9-11-26/h7-17,20,22,37H,18-19,21H2,1-6H3,(H,34,35)/t32-/m0/s1. The lowest BCUT2D eigenvalue weighted by atomic mass is 9.95. The Kier molecular flexibility index (Phi) is 9.66. The van der Waals surface area contributed by atoms with Crippen molar-refractivity contribution >= 4 is 21.9 Å². The number of sulfone groups is 1. The maximum Gasteiger partial charge on any atom is 0.410 e. The molecule has 1 atom stereocenters. The smallest absolute Gasteiger partial charge is 0.410 e. The molecule has 0 saturated carbocycles. The Bertz CT molecular complexity index is 1470. The van der Waals surface area contributed by atoms with Crippen LogP contribution in [0.25, 0.3) is 11.1 Å². The van der Waals surface area contributed by atoms with Gasteiger partial charge in [0.1, 0.15) is 11.2 Å². The van der Waals surface area contributed by atoms with Gasteiger partial charge in [0.05, 0.1) is 22.3 Å². The van der Waals surface area contributed by atoms with Gasteiger partial charge in [0, 0.05) is 6.54 Å². The summed E-state index contributed by atoms with van der Waals surface area (Å²) in [6.07, 6.45) is -0.0438. The number of aromatic carboxylic acids is 1. The molecule has 8 nitrogen and oxygen atoms in total. The lowest BCUT2D eigenvalue weighted by molar-refractivity contribution is -0.0119. The van der Waals surface area contributed by atoms with Crippen molar-refractivity contribution in [3.05, 3.63) is 89.5 Å². The molecule has 0 aliphatic rings. The van der Waals surface area contributed by atoms with Crippen molar-refractivity contribution in [1.82, 2.24) is 4.90 Å². The molecule has 2 N–H and O–H groups in total. The Morgan fingerprint density at radius 3 is 2.02 bits per heavy atom. The Hall–Kier alpha value is -3.69. The van der Waals surface area contributed by atoms with Crippen LogP contribution in [0.5, 0.6) is 0 Å². The predicted molar refractivity (Wildman–Crippen MR) is 159 cm³/mol. The topological polar surface area (TPSA) is 121 Å². The van der Waals surface area contributed by atoms with Crippen LogP contribution in [-0.2, 0) is 26.6 Å². The molecule has 0 fully saturated rings. The van der Waals surface area contributed by atoms with E-state index in [4.69, 9.17) is 4.74 Å². The highest BCUT2D eigenvalue weighted by Crippen LogP contribution is 2.29. The number of hydrogen-bond acceptors (Lipinski definition) is 6. The number of hydrogen-bond donors (Lipinski definition) is 2. The molecular weight excluding hydrogens is 542 g/mol. The summed E-state index contributed by atoms with van der Waals surface area (Å²) < 4.78 is 31.3. The number of carboxylic acids is 1. The van der Waals surface area contributed by atoms with Crippen molar-refractivity contribution in [1.29, 1.82) is 0 Å². The second-order valence-electron chi connectivity index (χ2n) is 11.6. The fourth-order valence-corrected chi connectivity index (χ4v) is 5.58. The third-order valence-electron chi connectivity index (χ3n) is 6.64. The minimum Gasteiger partial charge on any atom is -0.478 e. The molecule has 0 spiro atoms. The van der Waals surface area contributed by atoms with E-state index in [1.54, 1.807) is 33.8 Å². The highest BCUT2D eigenvalue weighted by Gasteiger charge is 2.31. The number of benzene rings is 3. The third-order valence-corrected chi connectivity index (χ3v) is 8.83. The van der Waals surface area contributed by atoms with Crippen LogP contribution in [0.4, 0.5) is 4.79 Å². The molecule has 0 saturated heterocycles. The molecule has 0 aromatic heterocycles. The summed E-state index contributed by atoms with van der Waals surface area (Å²) in [5, 5.41) is 20.0. The number of carbonyl (C=O) groups is 2. The Labute approximate surface area is 242 Å². The van der Waals surface area contributed by atoms with Crippen molar-refractivity contribution in [2.75, 3.05) is 13.1 Å². The van der Waals surface area contributed by atoms with E-state index >= 15 is 0 Å². The fourth-order valence-electron chi connectivity index (χ4n) is 4.32. The molecule has 0 unspecified atom stereocenters. The zero-order valence-electron chi connectivity index (χ0n) is 24.4. The lowest BCUT2D eigenvalue weighted by Crippen LogP contribution is -2.45. The summed E-state index contributed by atoms with van der Waals surface area (Å²) >= 11 is 0. The highest BCUT2D eigenvalue weighted by atomic mass is 32.2. The maximum absolute atomic E-state index is 13.1. The summed E-state index contributed by atoms with van der Waals surface area (Å²) in [6, 6.07) is 20.9. The average molecular weight is 582 g/mol. The van der Waals surface area contributed by atoms with E-state index in [0.29, 0.717) is 24.1 Å². The van der Waals surface area contributed by atoms with Gasteiger partial charge in [-0.05, 0) is 82.3 Å². The summed E-state index contributed by atoms with van der Waals surface area (Å²) in [4.78, 5) is 26.0. The minimum absolute atomic E-state index is 0.0348. The van der Waals surface area contributed by atoms with Crippen LogP contribution in [0, 0.1) is 0 Å². The SMILES string of the molecule is CC(C)S(=O)(=O)c1cc(-c2ccc(CCN(C[C@](C)(O)c3ccccc3)C(=O)OC(C)(C)C)cc2)ccc1C(=O)O. The normalized spacial score (nSPS) is 13.5. The molecule has 0 aliphatic heterocycles. The van der Waals surface area contributed by atoms with E-state index in [1.165, 1.54) is 30.9 Å². The zero-order chi connectivity index (χ0) is 30.6. The molecule has 9 heteroatoms. The van der Waals surface area contributed by atoms with Crippen molar-refractivity contribution in [3.63, 3.8) is 0 Å². The molecule has 3 rings (SSSR count). The first-order valence-electron chi connectivity index (χ1n) is 13.5. The van der Waals surface area contributed by atoms with E-state index in [1.807, 2.05) is 54.6 Å². The Morgan fingerprint density at radius 1 is 0.902 bits per heavy atom. The van der Waals surface area contributed by atoms with Crippen molar-refractivity contribution in [2.45, 2.75) is 69.3 Å². The molecule has 0 heterocycles. The number of carbonyl (C=O) groups excluding carboxylic acids is 1. The van der Waals surface area contributed by atoms with Gasteiger partial charge in [-0.25, -0.2) is 18.0 Å². The van der Waals surface area contributed by atoms with Gasteiger partial charge in [-0.3, -0.25) is 0 Å². The second-order valence-corrected chi connectivity index (χ2v) is 14.1. The van der Waals surface area contributed by atoms with E-state index in [2.05, 4.69) is 0 Å². The van der Waals surface area contributed by atoms with E-state index in [9.17, 15) is 28.2 Å². The summed E-state index contributed by atoms with van der Waals surface area (Å²) in [7, 11) is -3.82. The largest absolute Gasteiger partial charge is 0.478 e. The molecule has 0 radical (unpaired) electrons. The van der Waals surface area contributed by atoms with E-state index in [-0.39, 0.29) is 17.0 Å². The van der Waals surface area contributed by atoms with Gasteiger partial charge >= 0.3 is 12.1 Å². The number of carboxylic acid groups (broad SMARTS) is 1. The predicted octanol–water partition coefficient (Wildman–Crippen LogP) is 5.92. The van der Waals surface area contributed by atoms with Crippen LogP contribution in [0.1, 0.15) is 63.0 Å². The third kappa shape index (κ3) is 8.17. The van der Waals surface area contributed by atoms with Gasteiger partial charge in [0.15, 0.2) is 9.84 Å². The van der Waals surface area contributed by atoms with Crippen LogP contribution >= 0.6 is 0 Å². The molecule has 0 bridgehead atoms. The van der Waals surface area contributed by atoms with Crippen LogP contribution in [0.15, 0.2) is 77.7 Å². The molecule has 220 valence electrons. The van der Waals surface area contributed by atoms with E-state index < -0.39 is 38.4 Å². The molecule has 0 aliphatic carbocycles. The summed E-state index contributed by atoms with van der Waals surface area (Å²) in [5.41, 5.74) is 0.653. The molecule has 3 aromatic carbocycles. The number of amides is 1. The summed E-state index contributed by atoms with van der Waals surface area (Å²) in [5.74, 6) is -1.30. The molecule has 3 aromatic rings. The van der Waals surface area contributed by atoms with Gasteiger partial charge in [-0.1, -0.05) is 60.7 Å². The van der Waals surface area contributed by atoms with Crippen molar-refractivity contribution in [2.24, 2.45) is 0 Å². The van der Waals surface area contributed by atoms with E-state index in [0.717, 1.165) is 11.1 Å². The first-order chi connectivity index (χ1) is 19.0. The minimum atomic E-state index is -3.82. The maximum atomic E-state index is 13.1. The molecule has 1 amide bonds. The van der Waals surface area contributed by atoms with Crippen LogP contribution < -0.4 is 0 Å². The number of rotatable bonds is 10. The van der Waals surface area contributed by atoms with Crippen LogP contribution in [0.3, 0.4) is 0 Å². The lowest BCUT2D eigenvalue weighted by Gasteiger charge is -2.33. The van der Waals surface area contributed by atoms with Gasteiger partial charge < -0.3 is 19.8 Å². The van der Waals surface area contributed by atoms with Gasteiger partial charge in [0.2, 0.25) is 0 Å². The zero-order valence-corrected chi connectivity index (χ0v) is 25.2. The molecular formula is C32H39NO7S. The van der Waals surface area contributed by atoms with Crippen LogP contribution in [-0.4, -0.2) is 59.5 Å². The monoisotopic (exact) mass is 581 g/mol. The fraction of sp³-hybridized carbons (Fsp3) is 0.375. The van der Waals surface area contributed by atoms with Gasteiger partial charge in [-0.15, -0.1) is 0 Å². The Balaban J connectivity index is 1.83. The highest BCUT2D eigenvalue weighted by molar-refractivity contribution is 7.92. The van der Waals surface area contributed by atoms with Gasteiger partial charge in [0.25, 0.3) is 0 Å². The molecule has 41 heavy (non-hydrogen) atoms. The number of nitrogens with zero attached hydrogens (tertiary/aromatic N) is 1. The van der Waals surface area contributed by atoms with Crippen molar-refractivity contribution < 1.29 is 33.0 Å². The first kappa shape index (κ1) is 31.8.